The smallest absolute Gasteiger partial charge is 0.131 e. The van der Waals surface area contributed by atoms with Gasteiger partial charge in [-0.2, -0.15) is 0 Å². The maximum Gasteiger partial charge on any atom is 0.131 e. The number of rotatable bonds is 5. The molecule has 1 atom stereocenters. The Morgan fingerprint density at radius 3 is 2.53 bits per heavy atom. The predicted octanol–water partition coefficient (Wildman–Crippen LogP) is 2.93. The number of methoxy groups -OCH3 is 1. The molecule has 0 amide bonds. The number of nitrogens with zero attached hydrogens (tertiary/aromatic N) is 1. The third kappa shape index (κ3) is 3.72. The van der Waals surface area contributed by atoms with Gasteiger partial charge in [0.25, 0.3) is 0 Å². The second kappa shape index (κ2) is 6.03. The molecule has 0 heterocycles. The summed E-state index contributed by atoms with van der Waals surface area (Å²) in [5, 5.41) is 0.629. The van der Waals surface area contributed by atoms with Crippen molar-refractivity contribution in [3.05, 3.63) is 28.8 Å². The fraction of sp³-hybridized carbons (Fsp3) is 0.462. The molecular weight excluding hydrogens is 238 g/mol. The first kappa shape index (κ1) is 14.0. The van der Waals surface area contributed by atoms with E-state index in [1.807, 2.05) is 31.1 Å². The molecule has 17 heavy (non-hydrogen) atoms. The molecule has 0 aliphatic rings. The molecule has 0 aliphatic heterocycles. The van der Waals surface area contributed by atoms with Crippen LogP contribution in [-0.4, -0.2) is 31.9 Å². The number of carbonyl (C=O) groups excluding carboxylic acids is 1. The second-order valence-electron chi connectivity index (χ2n) is 4.27. The van der Waals surface area contributed by atoms with Gasteiger partial charge in [0, 0.05) is 17.5 Å². The van der Waals surface area contributed by atoms with E-state index in [0.29, 0.717) is 11.4 Å². The highest BCUT2D eigenvalue weighted by molar-refractivity contribution is 6.31. The molecule has 0 spiro atoms. The van der Waals surface area contributed by atoms with E-state index in [9.17, 15) is 4.79 Å². The highest BCUT2D eigenvalue weighted by Gasteiger charge is 2.19. The monoisotopic (exact) mass is 255 g/mol. The summed E-state index contributed by atoms with van der Waals surface area (Å²) in [6.07, 6.45) is 0.457. The van der Waals surface area contributed by atoms with Gasteiger partial charge in [0.05, 0.1) is 7.11 Å². The first-order chi connectivity index (χ1) is 7.95. The maximum atomic E-state index is 11.3. The molecule has 0 saturated carbocycles. The minimum Gasteiger partial charge on any atom is -0.497 e. The van der Waals surface area contributed by atoms with Crippen molar-refractivity contribution in [3.63, 3.8) is 0 Å². The fourth-order valence-electron chi connectivity index (χ4n) is 1.75. The van der Waals surface area contributed by atoms with E-state index in [1.165, 1.54) is 0 Å². The molecule has 1 rings (SSSR count). The van der Waals surface area contributed by atoms with Crippen LogP contribution in [0.2, 0.25) is 5.02 Å². The summed E-state index contributed by atoms with van der Waals surface area (Å²) in [6, 6.07) is 5.55. The quantitative estimate of drug-likeness (QED) is 0.810. The lowest BCUT2D eigenvalue weighted by Crippen LogP contribution is -2.22. The highest BCUT2D eigenvalue weighted by Crippen LogP contribution is 2.31. The molecule has 0 N–H and O–H groups in total. The molecule has 1 unspecified atom stereocenters. The Hall–Kier alpha value is -1.06. The van der Waals surface area contributed by atoms with Crippen LogP contribution in [0.3, 0.4) is 0 Å². The van der Waals surface area contributed by atoms with Gasteiger partial charge in [-0.3, -0.25) is 4.79 Å². The molecule has 4 heteroatoms. The molecular formula is C13H18ClNO2. The van der Waals surface area contributed by atoms with Gasteiger partial charge in [-0.25, -0.2) is 0 Å². The van der Waals surface area contributed by atoms with Crippen LogP contribution in [-0.2, 0) is 4.79 Å². The SMILES string of the molecule is COc1ccc(C(CC(C)=O)N(C)C)c(Cl)c1. The fourth-order valence-corrected chi connectivity index (χ4v) is 2.04. The topological polar surface area (TPSA) is 29.5 Å². The lowest BCUT2D eigenvalue weighted by atomic mass is 10.0. The lowest BCUT2D eigenvalue weighted by molar-refractivity contribution is -0.118. The van der Waals surface area contributed by atoms with Crippen LogP contribution in [0.1, 0.15) is 24.9 Å². The molecule has 1 aromatic rings. The van der Waals surface area contributed by atoms with Crippen molar-refractivity contribution in [2.45, 2.75) is 19.4 Å². The van der Waals surface area contributed by atoms with E-state index in [4.69, 9.17) is 16.3 Å². The molecule has 0 saturated heterocycles. The van der Waals surface area contributed by atoms with Crippen LogP contribution in [0.25, 0.3) is 0 Å². The molecule has 1 aromatic carbocycles. The number of halogens is 1. The Morgan fingerprint density at radius 2 is 2.12 bits per heavy atom. The molecule has 94 valence electrons. The average molecular weight is 256 g/mol. The summed E-state index contributed by atoms with van der Waals surface area (Å²) in [5.41, 5.74) is 0.952. The zero-order valence-electron chi connectivity index (χ0n) is 10.7. The van der Waals surface area contributed by atoms with Gasteiger partial charge in [-0.15, -0.1) is 0 Å². The van der Waals surface area contributed by atoms with Crippen LogP contribution < -0.4 is 4.74 Å². The minimum absolute atomic E-state index is 0.00547. The van der Waals surface area contributed by atoms with Crippen LogP contribution in [0.4, 0.5) is 0 Å². The van der Waals surface area contributed by atoms with Crippen LogP contribution in [0, 0.1) is 0 Å². The van der Waals surface area contributed by atoms with Gasteiger partial charge >= 0.3 is 0 Å². The maximum absolute atomic E-state index is 11.3. The lowest BCUT2D eigenvalue weighted by Gasteiger charge is -2.24. The number of hydrogen-bond acceptors (Lipinski definition) is 3. The number of hydrogen-bond donors (Lipinski definition) is 0. The Bertz CT molecular complexity index is 404. The first-order valence-corrected chi connectivity index (χ1v) is 5.82. The van der Waals surface area contributed by atoms with Gasteiger partial charge < -0.3 is 9.64 Å². The molecule has 3 nitrogen and oxygen atoms in total. The summed E-state index contributed by atoms with van der Waals surface area (Å²) in [7, 11) is 5.48. The van der Waals surface area contributed by atoms with E-state index in [0.717, 1.165) is 11.3 Å². The molecule has 0 radical (unpaired) electrons. The minimum atomic E-state index is 0.00547. The van der Waals surface area contributed by atoms with Gasteiger partial charge in [0.2, 0.25) is 0 Å². The summed E-state index contributed by atoms with van der Waals surface area (Å²) in [4.78, 5) is 13.3. The summed E-state index contributed by atoms with van der Waals surface area (Å²) in [6.45, 7) is 1.59. The van der Waals surface area contributed by atoms with Crippen molar-refractivity contribution in [3.8, 4) is 5.75 Å². The zero-order valence-corrected chi connectivity index (χ0v) is 11.4. The highest BCUT2D eigenvalue weighted by atomic mass is 35.5. The van der Waals surface area contributed by atoms with E-state index in [1.54, 1.807) is 20.1 Å². The van der Waals surface area contributed by atoms with E-state index >= 15 is 0 Å². The third-order valence-electron chi connectivity index (χ3n) is 2.67. The Morgan fingerprint density at radius 1 is 1.47 bits per heavy atom. The molecule has 0 aliphatic carbocycles. The first-order valence-electron chi connectivity index (χ1n) is 5.45. The van der Waals surface area contributed by atoms with Crippen molar-refractivity contribution >= 4 is 17.4 Å². The number of ketones is 1. The Balaban J connectivity index is 3.06. The average Bonchev–Trinajstić information content (AvgIpc) is 2.25. The van der Waals surface area contributed by atoms with Crippen molar-refractivity contribution in [2.24, 2.45) is 0 Å². The number of carbonyl (C=O) groups is 1. The largest absolute Gasteiger partial charge is 0.497 e. The van der Waals surface area contributed by atoms with Crippen molar-refractivity contribution in [1.82, 2.24) is 4.90 Å². The molecule has 0 bridgehead atoms. The predicted molar refractivity (Wildman–Crippen MR) is 69.7 cm³/mol. The van der Waals surface area contributed by atoms with E-state index in [2.05, 4.69) is 0 Å². The van der Waals surface area contributed by atoms with Crippen molar-refractivity contribution in [2.75, 3.05) is 21.2 Å². The van der Waals surface area contributed by atoms with Crippen LogP contribution >= 0.6 is 11.6 Å². The number of Topliss-reactive ketones (excluding diaryl/α,β-unsaturated/α-hetero) is 1. The molecule has 0 fully saturated rings. The normalized spacial score (nSPS) is 12.6. The van der Waals surface area contributed by atoms with Gasteiger partial charge in [0.15, 0.2) is 0 Å². The summed E-state index contributed by atoms with van der Waals surface area (Å²) in [5.74, 6) is 0.870. The van der Waals surface area contributed by atoms with E-state index in [-0.39, 0.29) is 11.8 Å². The summed E-state index contributed by atoms with van der Waals surface area (Å²) >= 11 is 6.21. The standard InChI is InChI=1S/C13H18ClNO2/c1-9(16)7-13(15(2)3)11-6-5-10(17-4)8-12(11)14/h5-6,8,13H,7H2,1-4H3. The Labute approximate surface area is 107 Å². The molecule has 0 aromatic heterocycles. The third-order valence-corrected chi connectivity index (χ3v) is 3.00. The summed E-state index contributed by atoms with van der Waals surface area (Å²) < 4.78 is 5.11. The van der Waals surface area contributed by atoms with Crippen LogP contribution in [0.15, 0.2) is 18.2 Å². The van der Waals surface area contributed by atoms with Gasteiger partial charge in [-0.05, 0) is 38.7 Å². The number of ether oxygens (including phenoxy) is 1. The van der Waals surface area contributed by atoms with Crippen LogP contribution in [0.5, 0.6) is 5.75 Å². The second-order valence-corrected chi connectivity index (χ2v) is 4.68. The van der Waals surface area contributed by atoms with Gasteiger partial charge in [-0.1, -0.05) is 17.7 Å². The van der Waals surface area contributed by atoms with E-state index < -0.39 is 0 Å². The van der Waals surface area contributed by atoms with Crippen molar-refractivity contribution in [1.29, 1.82) is 0 Å². The number of benzene rings is 1. The zero-order chi connectivity index (χ0) is 13.0. The van der Waals surface area contributed by atoms with Gasteiger partial charge in [0.1, 0.15) is 11.5 Å². The Kier molecular flexibility index (Phi) is 4.97. The van der Waals surface area contributed by atoms with Crippen molar-refractivity contribution < 1.29 is 9.53 Å².